The van der Waals surface area contributed by atoms with Crippen LogP contribution in [0.1, 0.15) is 24.2 Å². The molecule has 12 heteroatoms. The first-order valence-corrected chi connectivity index (χ1v) is 13.4. The molecule has 0 unspecified atom stereocenters. The van der Waals surface area contributed by atoms with Gasteiger partial charge in [-0.2, -0.15) is 0 Å². The summed E-state index contributed by atoms with van der Waals surface area (Å²) in [4.78, 5) is 36.5. The van der Waals surface area contributed by atoms with Crippen LogP contribution in [0.5, 0.6) is 11.5 Å². The Kier molecular flexibility index (Phi) is 10.1. The van der Waals surface area contributed by atoms with Crippen molar-refractivity contribution in [2.45, 2.75) is 13.8 Å². The summed E-state index contributed by atoms with van der Waals surface area (Å²) in [6.07, 6.45) is 0. The molecule has 0 atom stereocenters. The average molecular weight is 972 g/mol. The number of anilines is 2. The Morgan fingerprint density at radius 3 is 1.60 bits per heavy atom. The van der Waals surface area contributed by atoms with Gasteiger partial charge >= 0.3 is 5.97 Å². The average Bonchev–Trinajstić information content (AvgIpc) is 2.62. The zero-order chi connectivity index (χ0) is 22.7. The maximum atomic E-state index is 13.1. The van der Waals surface area contributed by atoms with Crippen molar-refractivity contribution >= 4 is 142 Å². The van der Waals surface area contributed by atoms with E-state index in [1.807, 2.05) is 67.8 Å². The number of methoxy groups -OCH3 is 1. The molecule has 2 N–H and O–H groups in total. The lowest BCUT2D eigenvalue weighted by atomic mass is 10.1. The maximum Gasteiger partial charge on any atom is 0.345 e. The highest BCUT2D eigenvalue weighted by atomic mass is 127. The van der Waals surface area contributed by atoms with Gasteiger partial charge in [0.05, 0.1) is 41.9 Å². The second-order valence-electron chi connectivity index (χ2n) is 5.74. The van der Waals surface area contributed by atoms with Gasteiger partial charge in [0, 0.05) is 13.8 Å². The normalized spacial score (nSPS) is 10.4. The number of amides is 2. The van der Waals surface area contributed by atoms with Gasteiger partial charge in [-0.05, 0) is 125 Å². The fourth-order valence-electron chi connectivity index (χ4n) is 2.36. The molecule has 2 aromatic carbocycles. The van der Waals surface area contributed by atoms with E-state index in [0.29, 0.717) is 33.6 Å². The summed E-state index contributed by atoms with van der Waals surface area (Å²) in [5.41, 5.74) is 1.14. The van der Waals surface area contributed by atoms with Crippen molar-refractivity contribution < 1.29 is 23.9 Å². The molecule has 160 valence electrons. The lowest BCUT2D eigenvalue weighted by Crippen LogP contribution is -2.20. The Balaban J connectivity index is 2.60. The predicted molar refractivity (Wildman–Crippen MR) is 157 cm³/mol. The van der Waals surface area contributed by atoms with E-state index >= 15 is 0 Å². The van der Waals surface area contributed by atoms with Crippen LogP contribution in [0.15, 0.2) is 12.1 Å². The van der Waals surface area contributed by atoms with Crippen LogP contribution in [0, 0.1) is 17.9 Å². The molecular formula is C18H13I5N2O5. The third-order valence-electron chi connectivity index (χ3n) is 3.51. The zero-order valence-corrected chi connectivity index (χ0v) is 26.4. The first-order valence-electron chi connectivity index (χ1n) is 7.98. The zero-order valence-electron chi connectivity index (χ0n) is 15.6. The van der Waals surface area contributed by atoms with E-state index in [9.17, 15) is 14.4 Å². The molecule has 0 fully saturated rings. The van der Waals surface area contributed by atoms with Gasteiger partial charge < -0.3 is 20.1 Å². The van der Waals surface area contributed by atoms with Gasteiger partial charge in [0.25, 0.3) is 0 Å². The van der Waals surface area contributed by atoms with Crippen LogP contribution >= 0.6 is 113 Å². The van der Waals surface area contributed by atoms with E-state index in [2.05, 4.69) is 55.8 Å². The van der Waals surface area contributed by atoms with Gasteiger partial charge in [0.15, 0.2) is 0 Å². The van der Waals surface area contributed by atoms with Crippen molar-refractivity contribution in [2.24, 2.45) is 0 Å². The molecule has 0 saturated heterocycles. The van der Waals surface area contributed by atoms with Crippen LogP contribution in [-0.4, -0.2) is 24.9 Å². The lowest BCUT2D eigenvalue weighted by molar-refractivity contribution is -0.115. The highest BCUT2D eigenvalue weighted by molar-refractivity contribution is 14.1. The number of halogens is 5. The maximum absolute atomic E-state index is 13.1. The monoisotopic (exact) mass is 972 g/mol. The Bertz CT molecular complexity index is 992. The van der Waals surface area contributed by atoms with Crippen molar-refractivity contribution in [3.63, 3.8) is 0 Å². The number of hydrogen-bond acceptors (Lipinski definition) is 5. The Morgan fingerprint density at radius 2 is 1.23 bits per heavy atom. The van der Waals surface area contributed by atoms with Crippen molar-refractivity contribution in [2.75, 3.05) is 17.7 Å². The molecule has 0 heterocycles. The highest BCUT2D eigenvalue weighted by Gasteiger charge is 2.27. The van der Waals surface area contributed by atoms with Crippen LogP contribution in [-0.2, 0) is 9.59 Å². The van der Waals surface area contributed by atoms with E-state index in [1.165, 1.54) is 13.8 Å². The van der Waals surface area contributed by atoms with Gasteiger partial charge in [-0.3, -0.25) is 9.59 Å². The standard InChI is InChI=1S/C18H13I5N2O5/c1-6(26)24-15-12(21)11(13(22)16(14(15)23)25-7(2)27)18(28)30-8-4-9(19)17(29-3)10(20)5-8/h4-5H,1-3H3,(H,24,26)(H,25,27). The summed E-state index contributed by atoms with van der Waals surface area (Å²) in [5, 5.41) is 5.48. The number of ether oxygens (including phenoxy) is 2. The Hall–Kier alpha value is 0.300. The lowest BCUT2D eigenvalue weighted by Gasteiger charge is -2.19. The van der Waals surface area contributed by atoms with Crippen LogP contribution in [0.4, 0.5) is 11.4 Å². The molecule has 2 aromatic rings. The molecule has 2 rings (SSSR count). The Labute approximate surface area is 241 Å². The molecule has 30 heavy (non-hydrogen) atoms. The molecule has 0 saturated carbocycles. The fourth-order valence-corrected chi connectivity index (χ4v) is 8.66. The molecule has 0 aliphatic rings. The summed E-state index contributed by atoms with van der Waals surface area (Å²) in [7, 11) is 1.58. The predicted octanol–water partition coefficient (Wildman–Crippen LogP) is 5.85. The molecule has 2 amide bonds. The van der Waals surface area contributed by atoms with Crippen molar-refractivity contribution in [1.29, 1.82) is 0 Å². The van der Waals surface area contributed by atoms with Crippen LogP contribution in [0.25, 0.3) is 0 Å². The molecule has 0 radical (unpaired) electrons. The van der Waals surface area contributed by atoms with Crippen LogP contribution in [0.2, 0.25) is 0 Å². The Morgan fingerprint density at radius 1 is 0.800 bits per heavy atom. The van der Waals surface area contributed by atoms with E-state index in [1.54, 1.807) is 19.2 Å². The van der Waals surface area contributed by atoms with Crippen molar-refractivity contribution in [1.82, 2.24) is 0 Å². The summed E-state index contributed by atoms with van der Waals surface area (Å²) in [5.74, 6) is -0.119. The second-order valence-corrected chi connectivity index (χ2v) is 11.3. The topological polar surface area (TPSA) is 93.7 Å². The number of carbonyl (C=O) groups is 3. The number of nitrogens with one attached hydrogen (secondary N) is 2. The third-order valence-corrected chi connectivity index (χ3v) is 8.35. The summed E-state index contributed by atoms with van der Waals surface area (Å²) < 4.78 is 14.2. The second kappa shape index (κ2) is 11.4. The first-order chi connectivity index (χ1) is 14.0. The van der Waals surface area contributed by atoms with Gasteiger partial charge in [0.1, 0.15) is 11.5 Å². The summed E-state index contributed by atoms with van der Waals surface area (Å²) in [6, 6.07) is 3.41. The molecular weight excluding hydrogens is 959 g/mol. The molecule has 0 aromatic heterocycles. The molecule has 0 aliphatic carbocycles. The summed E-state index contributed by atoms with van der Waals surface area (Å²) in [6.45, 7) is 2.75. The van der Waals surface area contributed by atoms with Crippen molar-refractivity contribution in [3.05, 3.63) is 35.5 Å². The summed E-state index contributed by atoms with van der Waals surface area (Å²) >= 11 is 10.2. The fraction of sp³-hybridized carbons (Fsp3) is 0.167. The largest absolute Gasteiger partial charge is 0.495 e. The quantitative estimate of drug-likeness (QED) is 0.223. The minimum absolute atomic E-state index is 0.255. The minimum atomic E-state index is -0.602. The van der Waals surface area contributed by atoms with E-state index in [4.69, 9.17) is 9.47 Å². The number of hydrogen-bond donors (Lipinski definition) is 2. The van der Waals surface area contributed by atoms with Crippen molar-refractivity contribution in [3.8, 4) is 11.5 Å². The van der Waals surface area contributed by atoms with Gasteiger partial charge in [-0.25, -0.2) is 4.79 Å². The minimum Gasteiger partial charge on any atom is -0.495 e. The molecule has 0 aliphatic heterocycles. The number of benzene rings is 2. The SMILES string of the molecule is COc1c(I)cc(OC(=O)c2c(I)c(NC(C)=O)c(I)c(NC(C)=O)c2I)cc1I. The van der Waals surface area contributed by atoms with Gasteiger partial charge in [0.2, 0.25) is 11.8 Å². The van der Waals surface area contributed by atoms with Gasteiger partial charge in [-0.1, -0.05) is 0 Å². The van der Waals surface area contributed by atoms with Crippen LogP contribution in [0.3, 0.4) is 0 Å². The van der Waals surface area contributed by atoms with E-state index < -0.39 is 5.97 Å². The number of esters is 1. The number of rotatable bonds is 5. The van der Waals surface area contributed by atoms with Gasteiger partial charge in [-0.15, -0.1) is 0 Å². The highest BCUT2D eigenvalue weighted by Crippen LogP contribution is 2.40. The molecule has 7 nitrogen and oxygen atoms in total. The van der Waals surface area contributed by atoms with E-state index in [-0.39, 0.29) is 17.4 Å². The van der Waals surface area contributed by atoms with Crippen LogP contribution < -0.4 is 20.1 Å². The molecule has 0 bridgehead atoms. The number of carbonyl (C=O) groups excluding carboxylic acids is 3. The first kappa shape index (κ1) is 26.6. The smallest absolute Gasteiger partial charge is 0.345 e. The molecule has 0 spiro atoms. The van der Waals surface area contributed by atoms with E-state index in [0.717, 1.165) is 7.14 Å². The third kappa shape index (κ3) is 6.21.